The topological polar surface area (TPSA) is 63.2 Å². The van der Waals surface area contributed by atoms with Crippen LogP contribution in [-0.4, -0.2) is 27.8 Å². The first kappa shape index (κ1) is 28.0. The van der Waals surface area contributed by atoms with E-state index in [0.29, 0.717) is 23.0 Å². The number of furan rings is 2. The molecule has 6 nitrogen and oxygen atoms in total. The van der Waals surface area contributed by atoms with Gasteiger partial charge in [-0.15, -0.1) is 0 Å². The van der Waals surface area contributed by atoms with Crippen molar-refractivity contribution in [2.75, 3.05) is 27.8 Å². The van der Waals surface area contributed by atoms with E-state index in [1.54, 1.807) is 14.2 Å². The minimum absolute atomic E-state index is 0.0357. The van der Waals surface area contributed by atoms with Crippen LogP contribution in [0.5, 0.6) is 11.5 Å². The molecule has 0 atom stereocenters. The normalized spacial score (nSPS) is 11.6. The van der Waals surface area contributed by atoms with Crippen LogP contribution in [0.3, 0.4) is 0 Å². The fourth-order valence-electron chi connectivity index (χ4n) is 6.28. The molecule has 0 N–H and O–H groups in total. The van der Waals surface area contributed by atoms with Gasteiger partial charge in [-0.3, -0.25) is 0 Å². The molecule has 0 aliphatic carbocycles. The molecule has 2 heterocycles. The highest BCUT2D eigenvalue weighted by Gasteiger charge is 2.27. The standard InChI is InChI=1S/C40H30O6/c1-41-23-43-39-31(35-21-27-13-5-9-17-33(27)45-35)19-25-11-3-7-15-29(25)37(39)38-30-16-8-4-12-26(30)20-32(40(38)44-24-42-2)36-22-28-14-6-10-18-34(28)46-36/h3-22H,23-24H2,1-2H3. The molecule has 6 heteroatoms. The van der Waals surface area contributed by atoms with Gasteiger partial charge in [0, 0.05) is 36.1 Å². The van der Waals surface area contributed by atoms with E-state index in [1.165, 1.54) is 0 Å². The Morgan fingerprint density at radius 3 is 1.26 bits per heavy atom. The lowest BCUT2D eigenvalue weighted by Gasteiger charge is -2.23. The Hall–Kier alpha value is -5.56. The number of rotatable bonds is 9. The second-order valence-electron chi connectivity index (χ2n) is 11.1. The second-order valence-corrected chi connectivity index (χ2v) is 11.1. The summed E-state index contributed by atoms with van der Waals surface area (Å²) >= 11 is 0. The van der Waals surface area contributed by atoms with Gasteiger partial charge in [0.25, 0.3) is 0 Å². The van der Waals surface area contributed by atoms with Gasteiger partial charge in [-0.05, 0) is 57.9 Å². The summed E-state index contributed by atoms with van der Waals surface area (Å²) in [7, 11) is 3.23. The number of hydrogen-bond donors (Lipinski definition) is 0. The third-order valence-electron chi connectivity index (χ3n) is 8.28. The lowest BCUT2D eigenvalue weighted by molar-refractivity contribution is 0.0505. The Balaban J connectivity index is 1.52. The maximum atomic E-state index is 6.54. The van der Waals surface area contributed by atoms with Crippen LogP contribution in [0.2, 0.25) is 0 Å². The minimum atomic E-state index is 0.0357. The molecule has 0 unspecified atom stereocenters. The maximum Gasteiger partial charge on any atom is 0.188 e. The minimum Gasteiger partial charge on any atom is -0.466 e. The molecule has 2 aromatic heterocycles. The van der Waals surface area contributed by atoms with Crippen molar-refractivity contribution < 1.29 is 27.8 Å². The van der Waals surface area contributed by atoms with E-state index < -0.39 is 0 Å². The summed E-state index contributed by atoms with van der Waals surface area (Å²) in [6.45, 7) is 0.0715. The largest absolute Gasteiger partial charge is 0.466 e. The van der Waals surface area contributed by atoms with Gasteiger partial charge in [-0.25, -0.2) is 0 Å². The molecule has 0 saturated carbocycles. The highest BCUT2D eigenvalue weighted by molar-refractivity contribution is 6.14. The predicted molar refractivity (Wildman–Crippen MR) is 182 cm³/mol. The van der Waals surface area contributed by atoms with Gasteiger partial charge in [0.1, 0.15) is 34.2 Å². The summed E-state index contributed by atoms with van der Waals surface area (Å²) in [6.07, 6.45) is 0. The zero-order valence-corrected chi connectivity index (χ0v) is 25.4. The van der Waals surface area contributed by atoms with E-state index in [0.717, 1.165) is 65.7 Å². The van der Waals surface area contributed by atoms with Crippen LogP contribution < -0.4 is 9.47 Å². The number of ether oxygens (including phenoxy) is 4. The number of hydrogen-bond acceptors (Lipinski definition) is 6. The van der Waals surface area contributed by atoms with E-state index >= 15 is 0 Å². The summed E-state index contributed by atoms with van der Waals surface area (Å²) in [5, 5.41) is 6.03. The molecule has 8 aromatic rings. The molecule has 0 amide bonds. The summed E-state index contributed by atoms with van der Waals surface area (Å²) in [5.41, 5.74) is 4.91. The molecular formula is C40H30O6. The Bertz CT molecular complexity index is 2130. The SMILES string of the molecule is COCOc1c(-c2cc3ccccc3o2)cc2ccccc2c1-c1c(OCOC)c(-c2cc3ccccc3o2)cc2ccccc12. The third-order valence-corrected chi connectivity index (χ3v) is 8.28. The highest BCUT2D eigenvalue weighted by Crippen LogP contribution is 2.53. The molecule has 46 heavy (non-hydrogen) atoms. The van der Waals surface area contributed by atoms with Crippen LogP contribution in [0.4, 0.5) is 0 Å². The van der Waals surface area contributed by atoms with Gasteiger partial charge in [-0.2, -0.15) is 0 Å². The number of para-hydroxylation sites is 2. The maximum absolute atomic E-state index is 6.54. The first-order valence-corrected chi connectivity index (χ1v) is 15.1. The second kappa shape index (κ2) is 11.7. The van der Waals surface area contributed by atoms with Crippen LogP contribution in [0.25, 0.3) is 77.3 Å². The Labute approximate surface area is 265 Å². The number of fused-ring (bicyclic) bond motifs is 4. The molecule has 6 aromatic carbocycles. The zero-order chi connectivity index (χ0) is 31.0. The molecule has 226 valence electrons. The fourth-order valence-corrected chi connectivity index (χ4v) is 6.28. The van der Waals surface area contributed by atoms with Gasteiger partial charge >= 0.3 is 0 Å². The Morgan fingerprint density at radius 2 is 0.848 bits per heavy atom. The van der Waals surface area contributed by atoms with Gasteiger partial charge in [0.05, 0.1) is 11.1 Å². The van der Waals surface area contributed by atoms with Gasteiger partial charge in [0.2, 0.25) is 0 Å². The van der Waals surface area contributed by atoms with Crippen molar-refractivity contribution in [2.24, 2.45) is 0 Å². The average Bonchev–Trinajstić information content (AvgIpc) is 3.73. The van der Waals surface area contributed by atoms with Crippen molar-refractivity contribution in [3.63, 3.8) is 0 Å². The van der Waals surface area contributed by atoms with E-state index in [4.69, 9.17) is 27.8 Å². The monoisotopic (exact) mass is 606 g/mol. The summed E-state index contributed by atoms with van der Waals surface area (Å²) < 4.78 is 36.9. The lowest BCUT2D eigenvalue weighted by atomic mass is 9.88. The molecule has 0 radical (unpaired) electrons. The molecule has 0 fully saturated rings. The molecule has 8 rings (SSSR count). The smallest absolute Gasteiger partial charge is 0.188 e. The van der Waals surface area contributed by atoms with Crippen LogP contribution in [0.1, 0.15) is 0 Å². The van der Waals surface area contributed by atoms with Crippen molar-refractivity contribution in [1.82, 2.24) is 0 Å². The fraction of sp³-hybridized carbons (Fsp3) is 0.100. The van der Waals surface area contributed by atoms with Gasteiger partial charge in [-0.1, -0.05) is 84.9 Å². The van der Waals surface area contributed by atoms with Crippen LogP contribution in [0.15, 0.2) is 130 Å². The Morgan fingerprint density at radius 1 is 0.457 bits per heavy atom. The predicted octanol–water partition coefficient (Wildman–Crippen LogP) is 10.5. The van der Waals surface area contributed by atoms with Crippen molar-refractivity contribution in [3.05, 3.63) is 121 Å². The van der Waals surface area contributed by atoms with Gasteiger partial charge in [0.15, 0.2) is 13.6 Å². The van der Waals surface area contributed by atoms with E-state index in [1.807, 2.05) is 84.9 Å². The summed E-state index contributed by atoms with van der Waals surface area (Å²) in [6, 6.07) is 40.9. The first-order valence-electron chi connectivity index (χ1n) is 15.1. The molecule has 0 aliphatic rings. The van der Waals surface area contributed by atoms with Crippen LogP contribution >= 0.6 is 0 Å². The molecule has 0 aliphatic heterocycles. The highest BCUT2D eigenvalue weighted by atomic mass is 16.7. The number of methoxy groups -OCH3 is 2. The zero-order valence-electron chi connectivity index (χ0n) is 25.4. The quantitative estimate of drug-likeness (QED) is 0.152. The van der Waals surface area contributed by atoms with Crippen molar-refractivity contribution >= 4 is 43.5 Å². The summed E-state index contributed by atoms with van der Waals surface area (Å²) in [5.74, 6) is 2.62. The lowest BCUT2D eigenvalue weighted by Crippen LogP contribution is -2.06. The summed E-state index contributed by atoms with van der Waals surface area (Å²) in [4.78, 5) is 0. The first-order chi connectivity index (χ1) is 22.7. The van der Waals surface area contributed by atoms with Gasteiger partial charge < -0.3 is 27.8 Å². The number of benzene rings is 6. The van der Waals surface area contributed by atoms with Crippen LogP contribution in [0, 0.1) is 0 Å². The molecule has 0 bridgehead atoms. The van der Waals surface area contributed by atoms with E-state index in [-0.39, 0.29) is 13.6 Å². The third kappa shape index (κ3) is 4.76. The van der Waals surface area contributed by atoms with Crippen molar-refractivity contribution in [2.45, 2.75) is 0 Å². The van der Waals surface area contributed by atoms with E-state index in [9.17, 15) is 0 Å². The molecular weight excluding hydrogens is 576 g/mol. The molecule has 0 saturated heterocycles. The Kier molecular flexibility index (Phi) is 7.14. The van der Waals surface area contributed by atoms with Crippen molar-refractivity contribution in [1.29, 1.82) is 0 Å². The van der Waals surface area contributed by atoms with Crippen molar-refractivity contribution in [3.8, 4) is 45.3 Å². The average molecular weight is 607 g/mol. The van der Waals surface area contributed by atoms with E-state index in [2.05, 4.69) is 36.4 Å². The molecule has 0 spiro atoms. The van der Waals surface area contributed by atoms with Crippen LogP contribution in [-0.2, 0) is 9.47 Å².